The number of carbonyl (C=O) groups is 6. The van der Waals surface area contributed by atoms with Gasteiger partial charge in [0.25, 0.3) is 23.6 Å². The molecule has 4 aromatic carbocycles. The van der Waals surface area contributed by atoms with Gasteiger partial charge in [0.15, 0.2) is 0 Å². The van der Waals surface area contributed by atoms with E-state index in [1.54, 1.807) is 48.5 Å². The van der Waals surface area contributed by atoms with Gasteiger partial charge in [0.1, 0.15) is 0 Å². The summed E-state index contributed by atoms with van der Waals surface area (Å²) in [7, 11) is 0. The molecule has 0 spiro atoms. The van der Waals surface area contributed by atoms with Crippen molar-refractivity contribution in [2.45, 2.75) is 124 Å². The maximum atomic E-state index is 13.9. The molecular weight excluding hydrogens is 901 g/mol. The number of fused-ring (bicyclic) bond motifs is 4. The quantitative estimate of drug-likeness (QED) is 0.119. The fourth-order valence-electron chi connectivity index (χ4n) is 12.2. The minimum atomic E-state index is -0.499. The zero-order valence-electron chi connectivity index (χ0n) is 40.1. The van der Waals surface area contributed by atoms with Gasteiger partial charge in [-0.2, -0.15) is 0 Å². The smallest absolute Gasteiger partial charge is 0.261 e. The molecule has 14 heteroatoms. The monoisotopic (exact) mass is 968 g/mol. The van der Waals surface area contributed by atoms with Crippen LogP contribution in [-0.4, -0.2) is 102 Å². The summed E-state index contributed by atoms with van der Waals surface area (Å²) in [5.41, 5.74) is 7.70. The van der Waals surface area contributed by atoms with Gasteiger partial charge in [0.2, 0.25) is 11.8 Å². The van der Waals surface area contributed by atoms with Gasteiger partial charge < -0.3 is 30.2 Å². The van der Waals surface area contributed by atoms with E-state index < -0.39 is 12.1 Å². The Hall–Kier alpha value is -6.06. The number of hydrogen-bond acceptors (Lipinski definition) is 10. The highest BCUT2D eigenvalue weighted by Gasteiger charge is 2.45. The Morgan fingerprint density at radius 3 is 1.11 bits per heavy atom. The number of imide groups is 2. The lowest BCUT2D eigenvalue weighted by Crippen LogP contribution is -2.49. The first-order valence-corrected chi connectivity index (χ1v) is 25.1. The number of amides is 6. The van der Waals surface area contributed by atoms with Crippen LogP contribution in [0.15, 0.2) is 72.8 Å². The molecule has 71 heavy (non-hydrogen) atoms. The Bertz CT molecular complexity index is 2470. The zero-order valence-corrected chi connectivity index (χ0v) is 40.1. The predicted molar refractivity (Wildman–Crippen MR) is 265 cm³/mol. The van der Waals surface area contributed by atoms with Crippen molar-refractivity contribution < 1.29 is 49.2 Å². The van der Waals surface area contributed by atoms with Crippen LogP contribution in [-0.2, 0) is 48.9 Å². The van der Waals surface area contributed by atoms with Crippen molar-refractivity contribution >= 4 is 35.4 Å². The van der Waals surface area contributed by atoms with Gasteiger partial charge in [-0.3, -0.25) is 38.6 Å². The van der Waals surface area contributed by atoms with E-state index in [4.69, 9.17) is 0 Å². The lowest BCUT2D eigenvalue weighted by Gasteiger charge is -2.42. The van der Waals surface area contributed by atoms with Crippen LogP contribution >= 0.6 is 0 Å². The maximum Gasteiger partial charge on any atom is 0.261 e. The van der Waals surface area contributed by atoms with Crippen LogP contribution in [0.1, 0.15) is 171 Å². The number of rotatable bonds is 10. The number of aliphatic hydroxyl groups excluding tert-OH is 4. The molecule has 0 unspecified atom stereocenters. The molecule has 2 aliphatic carbocycles. The van der Waals surface area contributed by atoms with Gasteiger partial charge in [-0.25, -0.2) is 0 Å². The summed E-state index contributed by atoms with van der Waals surface area (Å²) in [6, 6.07) is 20.1. The Morgan fingerprint density at radius 1 is 0.493 bits per heavy atom. The van der Waals surface area contributed by atoms with Crippen LogP contribution in [0.5, 0.6) is 0 Å². The van der Waals surface area contributed by atoms with Crippen molar-refractivity contribution in [3.8, 4) is 0 Å². The summed E-state index contributed by atoms with van der Waals surface area (Å²) in [6.45, 7) is 4.53. The Morgan fingerprint density at radius 2 is 0.803 bits per heavy atom. The minimum absolute atomic E-state index is 0. The first-order valence-electron chi connectivity index (χ1n) is 25.1. The lowest BCUT2D eigenvalue weighted by atomic mass is 9.78. The molecule has 6 amide bonds. The van der Waals surface area contributed by atoms with Gasteiger partial charge >= 0.3 is 0 Å². The number of benzene rings is 4. The summed E-state index contributed by atoms with van der Waals surface area (Å²) >= 11 is 0. The lowest BCUT2D eigenvalue weighted by molar-refractivity contribution is -0.142. The maximum absolute atomic E-state index is 13.9. The molecule has 14 nitrogen and oxygen atoms in total. The molecule has 6 aliphatic rings. The number of hydrogen-bond donors (Lipinski definition) is 4. The molecule has 0 radical (unpaired) electrons. The molecule has 0 aromatic heterocycles. The molecule has 4 aliphatic heterocycles. The van der Waals surface area contributed by atoms with Crippen LogP contribution in [0.25, 0.3) is 0 Å². The van der Waals surface area contributed by atoms with Crippen LogP contribution in [0.4, 0.5) is 0 Å². The van der Waals surface area contributed by atoms with E-state index in [1.165, 1.54) is 9.80 Å². The van der Waals surface area contributed by atoms with E-state index >= 15 is 0 Å². The number of nitrogens with zero attached hydrogens (tertiary/aromatic N) is 4. The second-order valence-electron chi connectivity index (χ2n) is 20.1. The third-order valence-corrected chi connectivity index (χ3v) is 16.2. The number of aliphatic hydroxyl groups is 4. The molecule has 0 saturated heterocycles. The molecule has 4 N–H and O–H groups in total. The van der Waals surface area contributed by atoms with E-state index in [0.29, 0.717) is 82.3 Å². The molecule has 10 rings (SSSR count). The fraction of sp³-hybridized carbons (Fsp3) is 0.474. The summed E-state index contributed by atoms with van der Waals surface area (Å²) in [6.07, 6.45) is 9.34. The zero-order chi connectivity index (χ0) is 49.4. The SMILES string of the molecule is C.C[C@H]1CCCC[C@H]1C(=O)N1CCc2cc(CO)c(CO)cc2[C@@H]1CN1C(=O)c2ccccc2C1=O.C[C@H]1CCCC[C@H]1C(=O)N1CCc2cc(CO)c(CO)cc2[C@H]1CN1C(=O)c2ccccc2C1=O. The standard InChI is InChI=1S/2C28H32N2O5.CH4/c2*1-17-6-2-3-7-21(17)26(33)29-11-10-18-12-19(15-31)20(16-32)13-24(18)25(29)14-30-27(34)22-8-4-5-9-23(22)28(30)35;/h2*4-5,8-9,12-13,17,21,25,31-32H,2-3,6-7,10-11,14-16H2,1H3;1H4/t17-,21+,25+;17-,21+,25-;/m00./s1. The molecule has 376 valence electrons. The highest BCUT2D eigenvalue weighted by atomic mass is 16.3. The average Bonchev–Trinajstić information content (AvgIpc) is 3.77. The van der Waals surface area contributed by atoms with Crippen molar-refractivity contribution in [3.63, 3.8) is 0 Å². The number of carbonyl (C=O) groups excluding carboxylic acids is 6. The van der Waals surface area contributed by atoms with Crippen LogP contribution in [0.2, 0.25) is 0 Å². The van der Waals surface area contributed by atoms with Gasteiger partial charge in [0.05, 0.1) is 73.9 Å². The van der Waals surface area contributed by atoms with Crippen molar-refractivity contribution in [2.75, 3.05) is 26.2 Å². The van der Waals surface area contributed by atoms with E-state index in [2.05, 4.69) is 13.8 Å². The highest BCUT2D eigenvalue weighted by molar-refractivity contribution is 6.22. The molecule has 2 saturated carbocycles. The van der Waals surface area contributed by atoms with Crippen LogP contribution in [0, 0.1) is 23.7 Å². The molecular formula is C57H68N4O10. The second kappa shape index (κ2) is 21.7. The van der Waals surface area contributed by atoms with E-state index in [0.717, 1.165) is 73.6 Å². The average molecular weight is 969 g/mol. The molecule has 4 heterocycles. The van der Waals surface area contributed by atoms with E-state index in [9.17, 15) is 49.2 Å². The van der Waals surface area contributed by atoms with Crippen molar-refractivity contribution in [2.24, 2.45) is 23.7 Å². The minimum Gasteiger partial charge on any atom is -0.392 e. The normalized spacial score (nSPS) is 23.6. The van der Waals surface area contributed by atoms with Crippen molar-refractivity contribution in [3.05, 3.63) is 140 Å². The topological polar surface area (TPSA) is 196 Å². The first-order chi connectivity index (χ1) is 33.9. The molecule has 0 bridgehead atoms. The van der Waals surface area contributed by atoms with Gasteiger partial charge in [-0.15, -0.1) is 0 Å². The Balaban J connectivity index is 0.000000188. The summed E-state index contributed by atoms with van der Waals surface area (Å²) < 4.78 is 0. The van der Waals surface area contributed by atoms with E-state index in [-0.39, 0.29) is 94.2 Å². The summed E-state index contributed by atoms with van der Waals surface area (Å²) in [5.74, 6) is -0.743. The third-order valence-electron chi connectivity index (χ3n) is 16.2. The molecule has 2 fully saturated rings. The Labute approximate surface area is 416 Å². The molecule has 6 atom stereocenters. The summed E-state index contributed by atoms with van der Waals surface area (Å²) in [5, 5.41) is 39.4. The second-order valence-corrected chi connectivity index (χ2v) is 20.1. The highest BCUT2D eigenvalue weighted by Crippen LogP contribution is 2.41. The van der Waals surface area contributed by atoms with Gasteiger partial charge in [0, 0.05) is 24.9 Å². The van der Waals surface area contributed by atoms with Crippen molar-refractivity contribution in [1.82, 2.24) is 19.6 Å². The third kappa shape index (κ3) is 9.59. The predicted octanol–water partition coefficient (Wildman–Crippen LogP) is 7.08. The van der Waals surface area contributed by atoms with Crippen molar-refractivity contribution in [1.29, 1.82) is 0 Å². The van der Waals surface area contributed by atoms with Gasteiger partial charge in [-0.05, 0) is 119 Å². The Kier molecular flexibility index (Phi) is 15.7. The first kappa shape index (κ1) is 51.3. The van der Waals surface area contributed by atoms with E-state index in [1.807, 2.05) is 34.1 Å². The van der Waals surface area contributed by atoms with Crippen LogP contribution in [0.3, 0.4) is 0 Å². The van der Waals surface area contributed by atoms with Crippen LogP contribution < -0.4 is 0 Å². The molecule has 4 aromatic rings. The largest absolute Gasteiger partial charge is 0.392 e. The fourth-order valence-corrected chi connectivity index (χ4v) is 12.2. The summed E-state index contributed by atoms with van der Waals surface area (Å²) in [4.78, 5) is 86.7. The van der Waals surface area contributed by atoms with Gasteiger partial charge in [-0.1, -0.05) is 95.5 Å².